The van der Waals surface area contributed by atoms with Gasteiger partial charge in [0.15, 0.2) is 0 Å². The van der Waals surface area contributed by atoms with Crippen LogP contribution in [0.1, 0.15) is 37.5 Å². The molecule has 0 bridgehead atoms. The van der Waals surface area contributed by atoms with Crippen molar-refractivity contribution in [3.05, 3.63) is 34.9 Å². The van der Waals surface area contributed by atoms with Crippen LogP contribution in [0.2, 0.25) is 0 Å². The topological polar surface area (TPSA) is 12.0 Å². The molecule has 0 radical (unpaired) electrons. The highest BCUT2D eigenvalue weighted by Gasteiger charge is 2.15. The summed E-state index contributed by atoms with van der Waals surface area (Å²) in [5.74, 6) is 0. The molecule has 1 aromatic rings. The lowest BCUT2D eigenvalue weighted by Crippen LogP contribution is -2.14. The number of benzene rings is 1. The number of nitrogens with one attached hydrogen (secondary N) is 1. The van der Waals surface area contributed by atoms with Crippen molar-refractivity contribution in [1.29, 1.82) is 0 Å². The maximum atomic E-state index is 3.17. The predicted octanol–water partition coefficient (Wildman–Crippen LogP) is 3.01. The van der Waals surface area contributed by atoms with Crippen LogP contribution < -0.4 is 5.32 Å². The van der Waals surface area contributed by atoms with Gasteiger partial charge in [-0.2, -0.15) is 0 Å². The highest BCUT2D eigenvalue weighted by Crippen LogP contribution is 2.25. The highest BCUT2D eigenvalue weighted by molar-refractivity contribution is 5.35. The summed E-state index contributed by atoms with van der Waals surface area (Å²) < 4.78 is 0. The van der Waals surface area contributed by atoms with Crippen LogP contribution in [0.3, 0.4) is 0 Å². The molecule has 0 unspecified atom stereocenters. The largest absolute Gasteiger partial charge is 0.316 e. The molecule has 0 aromatic heterocycles. The van der Waals surface area contributed by atoms with Crippen LogP contribution in [-0.4, -0.2) is 7.05 Å². The summed E-state index contributed by atoms with van der Waals surface area (Å²) in [6.07, 6.45) is 0. The van der Waals surface area contributed by atoms with E-state index in [2.05, 4.69) is 51.2 Å². The lowest BCUT2D eigenvalue weighted by Gasteiger charge is -2.22. The molecule has 0 heterocycles. The van der Waals surface area contributed by atoms with Gasteiger partial charge >= 0.3 is 0 Å². The number of hydrogen-bond donors (Lipinski definition) is 1. The van der Waals surface area contributed by atoms with Crippen molar-refractivity contribution in [3.8, 4) is 0 Å². The van der Waals surface area contributed by atoms with Gasteiger partial charge in [0.25, 0.3) is 0 Å². The Labute approximate surface area is 87.5 Å². The first kappa shape index (κ1) is 11.3. The van der Waals surface area contributed by atoms with E-state index < -0.39 is 0 Å². The summed E-state index contributed by atoms with van der Waals surface area (Å²) >= 11 is 0. The summed E-state index contributed by atoms with van der Waals surface area (Å²) in [6.45, 7) is 9.91. The molecule has 78 valence electrons. The first-order chi connectivity index (χ1) is 6.45. The monoisotopic (exact) mass is 191 g/mol. The summed E-state index contributed by atoms with van der Waals surface area (Å²) in [4.78, 5) is 0. The fourth-order valence-electron chi connectivity index (χ4n) is 1.88. The van der Waals surface area contributed by atoms with E-state index in [1.807, 2.05) is 7.05 Å². The van der Waals surface area contributed by atoms with Crippen LogP contribution in [-0.2, 0) is 12.0 Å². The lowest BCUT2D eigenvalue weighted by atomic mass is 9.83. The molecule has 1 aromatic carbocycles. The first-order valence-electron chi connectivity index (χ1n) is 5.20. The molecule has 0 saturated heterocycles. The molecule has 14 heavy (non-hydrogen) atoms. The average molecular weight is 191 g/mol. The van der Waals surface area contributed by atoms with Crippen molar-refractivity contribution in [2.45, 2.75) is 39.7 Å². The van der Waals surface area contributed by atoms with E-state index >= 15 is 0 Å². The second kappa shape index (κ2) is 4.14. The minimum atomic E-state index is 0.252. The maximum absolute atomic E-state index is 3.17. The van der Waals surface area contributed by atoms with Gasteiger partial charge in [-0.3, -0.25) is 0 Å². The van der Waals surface area contributed by atoms with Gasteiger partial charge in [0.05, 0.1) is 0 Å². The van der Waals surface area contributed by atoms with Crippen molar-refractivity contribution in [3.63, 3.8) is 0 Å². The Hall–Kier alpha value is -0.820. The van der Waals surface area contributed by atoms with Gasteiger partial charge < -0.3 is 5.32 Å². The second-order valence-electron chi connectivity index (χ2n) is 4.93. The summed E-state index contributed by atoms with van der Waals surface area (Å²) in [6, 6.07) is 6.74. The zero-order chi connectivity index (χ0) is 10.8. The normalized spacial score (nSPS) is 11.8. The van der Waals surface area contributed by atoms with Gasteiger partial charge in [-0.15, -0.1) is 0 Å². The highest BCUT2D eigenvalue weighted by atomic mass is 14.8. The minimum absolute atomic E-state index is 0.252. The summed E-state index contributed by atoms with van der Waals surface area (Å²) in [7, 11) is 1.98. The third-order valence-corrected chi connectivity index (χ3v) is 2.48. The van der Waals surface area contributed by atoms with E-state index in [-0.39, 0.29) is 5.41 Å². The molecule has 0 atom stereocenters. The molecular weight excluding hydrogens is 170 g/mol. The van der Waals surface area contributed by atoms with Gasteiger partial charge in [0.2, 0.25) is 0 Å². The van der Waals surface area contributed by atoms with Gasteiger partial charge in [-0.25, -0.2) is 0 Å². The molecule has 0 amide bonds. The number of rotatable bonds is 2. The molecule has 1 nitrogen and oxygen atoms in total. The van der Waals surface area contributed by atoms with Gasteiger partial charge in [-0.05, 0) is 36.1 Å². The Kier molecular flexibility index (Phi) is 3.33. The molecule has 0 fully saturated rings. The fourth-order valence-corrected chi connectivity index (χ4v) is 1.88. The van der Waals surface area contributed by atoms with Crippen molar-refractivity contribution < 1.29 is 0 Å². The lowest BCUT2D eigenvalue weighted by molar-refractivity contribution is 0.585. The first-order valence-corrected chi connectivity index (χ1v) is 5.20. The number of aryl methyl sites for hydroxylation is 1. The molecule has 0 saturated carbocycles. The molecule has 1 heteroatoms. The van der Waals surface area contributed by atoms with Crippen LogP contribution >= 0.6 is 0 Å². The zero-order valence-corrected chi connectivity index (χ0v) is 9.94. The van der Waals surface area contributed by atoms with Crippen LogP contribution in [0.25, 0.3) is 0 Å². The molecule has 1 N–H and O–H groups in total. The van der Waals surface area contributed by atoms with Gasteiger partial charge in [0, 0.05) is 6.54 Å². The van der Waals surface area contributed by atoms with Gasteiger partial charge in [-0.1, -0.05) is 39.0 Å². The van der Waals surface area contributed by atoms with E-state index in [0.717, 1.165) is 6.54 Å². The molecular formula is C13H21N. The summed E-state index contributed by atoms with van der Waals surface area (Å²) in [5.41, 5.74) is 4.45. The van der Waals surface area contributed by atoms with Crippen molar-refractivity contribution >= 4 is 0 Å². The second-order valence-corrected chi connectivity index (χ2v) is 4.93. The molecule has 1 rings (SSSR count). The average Bonchev–Trinajstić information content (AvgIpc) is 2.02. The van der Waals surface area contributed by atoms with E-state index in [0.29, 0.717) is 0 Å². The van der Waals surface area contributed by atoms with Crippen molar-refractivity contribution in [2.75, 3.05) is 7.05 Å². The Morgan fingerprint density at radius 1 is 1.21 bits per heavy atom. The molecule has 0 spiro atoms. The van der Waals surface area contributed by atoms with Crippen molar-refractivity contribution in [2.24, 2.45) is 0 Å². The minimum Gasteiger partial charge on any atom is -0.316 e. The van der Waals surface area contributed by atoms with E-state index in [9.17, 15) is 0 Å². The Morgan fingerprint density at radius 3 is 2.29 bits per heavy atom. The smallest absolute Gasteiger partial charge is 0.0202 e. The zero-order valence-electron chi connectivity index (χ0n) is 9.94. The van der Waals surface area contributed by atoms with Gasteiger partial charge in [0.1, 0.15) is 0 Å². The summed E-state index contributed by atoms with van der Waals surface area (Å²) in [5, 5.41) is 3.17. The third-order valence-electron chi connectivity index (χ3n) is 2.48. The molecule has 0 aliphatic rings. The van der Waals surface area contributed by atoms with Crippen LogP contribution in [0.15, 0.2) is 18.2 Å². The van der Waals surface area contributed by atoms with E-state index in [1.165, 1.54) is 16.7 Å². The Balaban J connectivity index is 3.02. The fraction of sp³-hybridized carbons (Fsp3) is 0.538. The third kappa shape index (κ3) is 2.58. The van der Waals surface area contributed by atoms with Crippen LogP contribution in [0.4, 0.5) is 0 Å². The molecule has 0 aliphatic heterocycles. The Morgan fingerprint density at radius 2 is 1.86 bits per heavy atom. The maximum Gasteiger partial charge on any atom is 0.0202 e. The van der Waals surface area contributed by atoms with Crippen LogP contribution in [0.5, 0.6) is 0 Å². The van der Waals surface area contributed by atoms with Crippen LogP contribution in [0, 0.1) is 6.92 Å². The Bertz CT molecular complexity index is 308. The molecule has 0 aliphatic carbocycles. The SMILES string of the molecule is CNCc1ccc(C(C)(C)C)c(C)c1. The van der Waals surface area contributed by atoms with E-state index in [4.69, 9.17) is 0 Å². The number of hydrogen-bond acceptors (Lipinski definition) is 1. The predicted molar refractivity (Wildman–Crippen MR) is 62.6 cm³/mol. The van der Waals surface area contributed by atoms with Crippen molar-refractivity contribution in [1.82, 2.24) is 5.32 Å². The van der Waals surface area contributed by atoms with E-state index in [1.54, 1.807) is 0 Å². The standard InChI is InChI=1S/C13H21N/c1-10-8-11(9-14-5)6-7-12(10)13(2,3)4/h6-8,14H,9H2,1-5H3. The quantitative estimate of drug-likeness (QED) is 0.757.